The summed E-state index contributed by atoms with van der Waals surface area (Å²) in [6.45, 7) is 7.92. The third-order valence-electron chi connectivity index (χ3n) is 5.83. The van der Waals surface area contributed by atoms with E-state index in [2.05, 4.69) is 46.9 Å². The lowest BCUT2D eigenvalue weighted by Crippen LogP contribution is -2.31. The second-order valence-electron chi connectivity index (χ2n) is 8.08. The van der Waals surface area contributed by atoms with Gasteiger partial charge in [0.05, 0.1) is 12.1 Å². The highest BCUT2D eigenvalue weighted by molar-refractivity contribution is 5.86. The number of ether oxygens (including phenoxy) is 1. The van der Waals surface area contributed by atoms with Crippen LogP contribution in [0.2, 0.25) is 0 Å². The maximum absolute atomic E-state index is 6.22. The van der Waals surface area contributed by atoms with E-state index in [1.165, 1.54) is 88.3 Å². The molecule has 1 fully saturated rings. The highest BCUT2D eigenvalue weighted by Gasteiger charge is 2.10. The van der Waals surface area contributed by atoms with Crippen molar-refractivity contribution in [3.63, 3.8) is 0 Å². The molecule has 1 aliphatic rings. The van der Waals surface area contributed by atoms with E-state index in [0.29, 0.717) is 0 Å². The van der Waals surface area contributed by atoms with Gasteiger partial charge in [-0.25, -0.2) is 0 Å². The predicted molar refractivity (Wildman–Crippen MR) is 116 cm³/mol. The Kier molecular flexibility index (Phi) is 8.54. The summed E-state index contributed by atoms with van der Waals surface area (Å²) >= 11 is 0. The van der Waals surface area contributed by atoms with Crippen LogP contribution >= 0.6 is 0 Å². The average Bonchev–Trinajstić information content (AvgIpc) is 3.13. The Hall–Kier alpha value is -1.48. The molecule has 0 bridgehead atoms. The van der Waals surface area contributed by atoms with E-state index in [4.69, 9.17) is 4.74 Å². The maximum Gasteiger partial charge on any atom is 0.143 e. The van der Waals surface area contributed by atoms with Crippen molar-refractivity contribution in [2.24, 2.45) is 0 Å². The van der Waals surface area contributed by atoms with E-state index >= 15 is 0 Å². The molecule has 2 aromatic rings. The fourth-order valence-corrected chi connectivity index (χ4v) is 4.24. The Morgan fingerprint density at radius 3 is 2.52 bits per heavy atom. The number of unbranched alkanes of at least 4 members (excludes halogenated alkanes) is 5. The van der Waals surface area contributed by atoms with Crippen LogP contribution in [-0.2, 0) is 6.54 Å². The molecule has 0 aliphatic carbocycles. The lowest BCUT2D eigenvalue weighted by Gasteiger charge is -2.26. The van der Waals surface area contributed by atoms with Gasteiger partial charge in [0.1, 0.15) is 5.75 Å². The second kappa shape index (κ2) is 11.4. The highest BCUT2D eigenvalue weighted by atomic mass is 16.5. The van der Waals surface area contributed by atoms with E-state index in [1.54, 1.807) is 0 Å². The zero-order valence-corrected chi connectivity index (χ0v) is 17.3. The van der Waals surface area contributed by atoms with Gasteiger partial charge < -0.3 is 14.2 Å². The zero-order chi connectivity index (χ0) is 18.7. The molecule has 2 heterocycles. The number of likely N-dealkylation sites (tertiary alicyclic amines) is 1. The quantitative estimate of drug-likeness (QED) is 0.410. The van der Waals surface area contributed by atoms with Crippen molar-refractivity contribution in [2.75, 3.05) is 26.2 Å². The van der Waals surface area contributed by atoms with Crippen molar-refractivity contribution in [2.45, 2.75) is 77.7 Å². The normalized spacial score (nSPS) is 15.4. The predicted octanol–water partition coefficient (Wildman–Crippen LogP) is 6.26. The van der Waals surface area contributed by atoms with E-state index < -0.39 is 0 Å². The minimum Gasteiger partial charge on any atom is -0.491 e. The van der Waals surface area contributed by atoms with Crippen molar-refractivity contribution >= 4 is 10.9 Å². The minimum absolute atomic E-state index is 0.817. The number of aryl methyl sites for hydroxylation is 1. The molecule has 27 heavy (non-hydrogen) atoms. The van der Waals surface area contributed by atoms with Gasteiger partial charge in [0.2, 0.25) is 0 Å². The van der Waals surface area contributed by atoms with Crippen LogP contribution in [-0.4, -0.2) is 35.7 Å². The first-order chi connectivity index (χ1) is 13.4. The summed E-state index contributed by atoms with van der Waals surface area (Å²) in [6.07, 6.45) is 15.5. The van der Waals surface area contributed by atoms with E-state index in [-0.39, 0.29) is 0 Å². The smallest absolute Gasteiger partial charge is 0.143 e. The molecule has 3 nitrogen and oxygen atoms in total. The highest BCUT2D eigenvalue weighted by Crippen LogP contribution is 2.27. The molecule has 0 radical (unpaired) electrons. The summed E-state index contributed by atoms with van der Waals surface area (Å²) in [6, 6.07) is 8.69. The van der Waals surface area contributed by atoms with Crippen LogP contribution in [0.1, 0.15) is 71.1 Å². The number of fused-ring (bicyclic) bond motifs is 1. The fourth-order valence-electron chi connectivity index (χ4n) is 4.24. The first-order valence-corrected chi connectivity index (χ1v) is 11.3. The molecule has 3 heteroatoms. The Morgan fingerprint density at radius 2 is 1.67 bits per heavy atom. The van der Waals surface area contributed by atoms with Crippen LogP contribution in [0.15, 0.2) is 30.5 Å². The molecule has 1 aromatic carbocycles. The summed E-state index contributed by atoms with van der Waals surface area (Å²) in [5, 5.41) is 1.30. The molecule has 0 spiro atoms. The van der Waals surface area contributed by atoms with Gasteiger partial charge in [-0.2, -0.15) is 0 Å². The Labute approximate surface area is 165 Å². The molecule has 150 valence electrons. The van der Waals surface area contributed by atoms with Crippen LogP contribution in [0.25, 0.3) is 10.9 Å². The summed E-state index contributed by atoms with van der Waals surface area (Å²) in [5.74, 6) is 1.06. The van der Waals surface area contributed by atoms with Crippen LogP contribution in [0.5, 0.6) is 5.75 Å². The number of para-hydroxylation sites is 1. The Balaban J connectivity index is 1.48. The number of nitrogens with zero attached hydrogens (tertiary/aromatic N) is 2. The third-order valence-corrected chi connectivity index (χ3v) is 5.83. The number of hydrogen-bond acceptors (Lipinski definition) is 2. The first kappa shape index (κ1) is 20.3. The lowest BCUT2D eigenvalue weighted by atomic mass is 10.1. The number of hydrogen-bond donors (Lipinski definition) is 0. The number of piperidine rings is 1. The summed E-state index contributed by atoms with van der Waals surface area (Å²) < 4.78 is 8.62. The van der Waals surface area contributed by atoms with Gasteiger partial charge in [-0.05, 0) is 50.9 Å². The van der Waals surface area contributed by atoms with E-state index in [0.717, 1.165) is 25.3 Å². The van der Waals surface area contributed by atoms with Crippen LogP contribution in [0.3, 0.4) is 0 Å². The molecule has 0 amide bonds. The topological polar surface area (TPSA) is 17.4 Å². The molecule has 0 unspecified atom stereocenters. The molecular formula is C24H38N2O. The van der Waals surface area contributed by atoms with E-state index in [1.807, 2.05) is 0 Å². The summed E-state index contributed by atoms with van der Waals surface area (Å²) in [5.41, 5.74) is 1.28. The molecule has 1 aromatic heterocycles. The third kappa shape index (κ3) is 6.27. The molecular weight excluding hydrogens is 332 g/mol. The number of aromatic nitrogens is 1. The van der Waals surface area contributed by atoms with Gasteiger partial charge in [-0.15, -0.1) is 0 Å². The van der Waals surface area contributed by atoms with Crippen LogP contribution in [0.4, 0.5) is 0 Å². The largest absolute Gasteiger partial charge is 0.491 e. The van der Waals surface area contributed by atoms with Gasteiger partial charge in [0.15, 0.2) is 0 Å². The standard InChI is InChI=1S/C24H38N2O/c1-2-3-4-5-6-10-19-26-20-15-22-13-11-14-23(24(22)26)27-21-12-18-25-16-8-7-9-17-25/h11,13-15,20H,2-10,12,16-19,21H2,1H3. The molecule has 1 aliphatic heterocycles. The van der Waals surface area contributed by atoms with Gasteiger partial charge in [0.25, 0.3) is 0 Å². The molecule has 0 atom stereocenters. The van der Waals surface area contributed by atoms with Crippen molar-refractivity contribution in [1.82, 2.24) is 9.47 Å². The second-order valence-corrected chi connectivity index (χ2v) is 8.08. The summed E-state index contributed by atoms with van der Waals surface area (Å²) in [4.78, 5) is 2.59. The number of rotatable bonds is 12. The molecule has 1 saturated heterocycles. The van der Waals surface area contributed by atoms with Gasteiger partial charge in [-0.3, -0.25) is 0 Å². The SMILES string of the molecule is CCCCCCCCn1ccc2cccc(OCCCN3CCCCC3)c21. The van der Waals surface area contributed by atoms with Gasteiger partial charge >= 0.3 is 0 Å². The minimum atomic E-state index is 0.817. The van der Waals surface area contributed by atoms with E-state index in [9.17, 15) is 0 Å². The molecule has 0 N–H and O–H groups in total. The van der Waals surface area contributed by atoms with Gasteiger partial charge in [0, 0.05) is 24.7 Å². The van der Waals surface area contributed by atoms with Gasteiger partial charge in [-0.1, -0.05) is 57.6 Å². The average molecular weight is 371 g/mol. The van der Waals surface area contributed by atoms with Crippen LogP contribution in [0, 0.1) is 0 Å². The number of benzene rings is 1. The zero-order valence-electron chi connectivity index (χ0n) is 17.3. The lowest BCUT2D eigenvalue weighted by molar-refractivity contribution is 0.205. The fraction of sp³-hybridized carbons (Fsp3) is 0.667. The van der Waals surface area contributed by atoms with Crippen molar-refractivity contribution < 1.29 is 4.74 Å². The monoisotopic (exact) mass is 370 g/mol. The van der Waals surface area contributed by atoms with Crippen molar-refractivity contribution in [3.05, 3.63) is 30.5 Å². The Morgan fingerprint density at radius 1 is 0.852 bits per heavy atom. The summed E-state index contributed by atoms with van der Waals surface area (Å²) in [7, 11) is 0. The molecule has 0 saturated carbocycles. The maximum atomic E-state index is 6.22. The molecule has 3 rings (SSSR count). The van der Waals surface area contributed by atoms with Crippen LogP contribution < -0.4 is 4.74 Å². The first-order valence-electron chi connectivity index (χ1n) is 11.3. The van der Waals surface area contributed by atoms with Crippen molar-refractivity contribution in [1.29, 1.82) is 0 Å². The van der Waals surface area contributed by atoms with Crippen molar-refractivity contribution in [3.8, 4) is 5.75 Å². The Bertz CT molecular complexity index is 657.